The van der Waals surface area contributed by atoms with Gasteiger partial charge in [0.25, 0.3) is 0 Å². The topological polar surface area (TPSA) is 55.1 Å². The number of nitrogens with two attached hydrogens (primary N) is 1. The van der Waals surface area contributed by atoms with Gasteiger partial charge in [-0.2, -0.15) is 0 Å². The fourth-order valence-electron chi connectivity index (χ4n) is 1.33. The number of amides is 1. The number of rotatable bonds is 4. The first-order chi connectivity index (χ1) is 7.38. The minimum atomic E-state index is -0.956. The molecule has 1 aromatic rings. The van der Waals surface area contributed by atoms with Crippen LogP contribution in [0.5, 0.6) is 0 Å². The number of hydrogen-bond acceptors (Lipinski definition) is 2. The van der Waals surface area contributed by atoms with Gasteiger partial charge < -0.3 is 11.1 Å². The Kier molecular flexibility index (Phi) is 3.52. The highest BCUT2D eigenvalue weighted by atomic mass is 19.1. The summed E-state index contributed by atoms with van der Waals surface area (Å²) in [5.74, 6) is -0.925. The summed E-state index contributed by atoms with van der Waals surface area (Å²) in [7, 11) is 0. The Hall–Kier alpha value is -1.58. The third-order valence-electron chi connectivity index (χ3n) is 2.93. The van der Waals surface area contributed by atoms with Crippen LogP contribution in [-0.4, -0.2) is 11.4 Å². The van der Waals surface area contributed by atoms with Crippen molar-refractivity contribution in [3.8, 4) is 0 Å². The van der Waals surface area contributed by atoms with Gasteiger partial charge in [-0.15, -0.1) is 0 Å². The van der Waals surface area contributed by atoms with Crippen LogP contribution < -0.4 is 11.1 Å². The SMILES string of the molecule is CC(C)C(C)(Nc1ccccc1F)C(N)=O. The van der Waals surface area contributed by atoms with E-state index in [1.54, 1.807) is 25.1 Å². The van der Waals surface area contributed by atoms with Crippen molar-refractivity contribution in [1.82, 2.24) is 0 Å². The van der Waals surface area contributed by atoms with Crippen molar-refractivity contribution in [2.24, 2.45) is 11.7 Å². The Morgan fingerprint density at radius 2 is 2.00 bits per heavy atom. The van der Waals surface area contributed by atoms with Crippen LogP contribution in [0.4, 0.5) is 10.1 Å². The van der Waals surface area contributed by atoms with Gasteiger partial charge in [-0.3, -0.25) is 4.79 Å². The Morgan fingerprint density at radius 1 is 1.44 bits per heavy atom. The summed E-state index contributed by atoms with van der Waals surface area (Å²) in [6, 6.07) is 6.22. The van der Waals surface area contributed by atoms with Crippen molar-refractivity contribution in [1.29, 1.82) is 0 Å². The molecule has 0 spiro atoms. The normalized spacial score (nSPS) is 14.6. The predicted molar refractivity (Wildman–Crippen MR) is 62.5 cm³/mol. The summed E-state index contributed by atoms with van der Waals surface area (Å²) in [5, 5.41) is 2.87. The fraction of sp³-hybridized carbons (Fsp3) is 0.417. The first kappa shape index (κ1) is 12.5. The number of nitrogens with one attached hydrogen (secondary N) is 1. The van der Waals surface area contributed by atoms with Crippen molar-refractivity contribution >= 4 is 11.6 Å². The molecule has 0 fully saturated rings. The molecule has 0 bridgehead atoms. The Labute approximate surface area is 94.8 Å². The molecule has 3 nitrogen and oxygen atoms in total. The summed E-state index contributed by atoms with van der Waals surface area (Å²) in [4.78, 5) is 11.4. The van der Waals surface area contributed by atoms with E-state index in [0.717, 1.165) is 0 Å². The summed E-state index contributed by atoms with van der Waals surface area (Å²) in [6.45, 7) is 5.39. The lowest BCUT2D eigenvalue weighted by molar-refractivity contribution is -0.123. The average Bonchev–Trinajstić information content (AvgIpc) is 2.20. The number of anilines is 1. The lowest BCUT2D eigenvalue weighted by Crippen LogP contribution is -2.52. The quantitative estimate of drug-likeness (QED) is 0.823. The van der Waals surface area contributed by atoms with E-state index in [-0.39, 0.29) is 11.6 Å². The molecule has 4 heteroatoms. The highest BCUT2D eigenvalue weighted by Crippen LogP contribution is 2.24. The van der Waals surface area contributed by atoms with E-state index in [4.69, 9.17) is 5.73 Å². The molecule has 88 valence electrons. The van der Waals surface area contributed by atoms with Crippen molar-refractivity contribution < 1.29 is 9.18 Å². The molecule has 0 heterocycles. The second-order valence-electron chi connectivity index (χ2n) is 4.33. The summed E-state index contributed by atoms with van der Waals surface area (Å²) in [5.41, 5.74) is 4.68. The maximum atomic E-state index is 13.4. The molecule has 1 aromatic carbocycles. The molecule has 1 rings (SSSR count). The lowest BCUT2D eigenvalue weighted by atomic mass is 9.87. The Morgan fingerprint density at radius 3 is 2.44 bits per heavy atom. The predicted octanol–water partition coefficient (Wildman–Crippen LogP) is 2.14. The van der Waals surface area contributed by atoms with Gasteiger partial charge in [0.15, 0.2) is 0 Å². The van der Waals surface area contributed by atoms with Gasteiger partial charge in [-0.25, -0.2) is 4.39 Å². The maximum Gasteiger partial charge on any atom is 0.243 e. The largest absolute Gasteiger partial charge is 0.369 e. The maximum absolute atomic E-state index is 13.4. The highest BCUT2D eigenvalue weighted by Gasteiger charge is 2.35. The molecule has 0 aliphatic carbocycles. The zero-order valence-corrected chi connectivity index (χ0v) is 9.75. The number of halogens is 1. The molecule has 0 aromatic heterocycles. The van der Waals surface area contributed by atoms with Crippen LogP contribution in [0, 0.1) is 11.7 Å². The zero-order chi connectivity index (χ0) is 12.3. The van der Waals surface area contributed by atoms with Gasteiger partial charge in [0.05, 0.1) is 5.69 Å². The minimum absolute atomic E-state index is 0.0374. The van der Waals surface area contributed by atoms with Crippen LogP contribution in [-0.2, 0) is 4.79 Å². The van der Waals surface area contributed by atoms with Crippen molar-refractivity contribution in [3.63, 3.8) is 0 Å². The van der Waals surface area contributed by atoms with Gasteiger partial charge >= 0.3 is 0 Å². The molecular formula is C12H17FN2O. The van der Waals surface area contributed by atoms with Gasteiger partial charge in [0.2, 0.25) is 5.91 Å². The molecule has 0 aliphatic heterocycles. The number of carbonyl (C=O) groups is 1. The lowest BCUT2D eigenvalue weighted by Gasteiger charge is -2.32. The molecule has 16 heavy (non-hydrogen) atoms. The number of carbonyl (C=O) groups excluding carboxylic acids is 1. The summed E-state index contributed by atoms with van der Waals surface area (Å²) < 4.78 is 13.4. The van der Waals surface area contributed by atoms with Gasteiger partial charge in [0.1, 0.15) is 11.4 Å². The van der Waals surface area contributed by atoms with Crippen molar-refractivity contribution in [2.75, 3.05) is 5.32 Å². The molecule has 0 saturated heterocycles. The highest BCUT2D eigenvalue weighted by molar-refractivity contribution is 5.87. The molecule has 0 saturated carbocycles. The van der Waals surface area contributed by atoms with E-state index in [1.165, 1.54) is 6.07 Å². The average molecular weight is 224 g/mol. The van der Waals surface area contributed by atoms with Crippen LogP contribution in [0.25, 0.3) is 0 Å². The van der Waals surface area contributed by atoms with E-state index < -0.39 is 17.3 Å². The van der Waals surface area contributed by atoms with Crippen LogP contribution in [0.1, 0.15) is 20.8 Å². The zero-order valence-electron chi connectivity index (χ0n) is 9.75. The fourth-order valence-corrected chi connectivity index (χ4v) is 1.33. The van der Waals surface area contributed by atoms with Gasteiger partial charge in [0, 0.05) is 0 Å². The second-order valence-corrected chi connectivity index (χ2v) is 4.33. The monoisotopic (exact) mass is 224 g/mol. The third kappa shape index (κ3) is 2.32. The van der Waals surface area contributed by atoms with Crippen LogP contribution >= 0.6 is 0 Å². The third-order valence-corrected chi connectivity index (χ3v) is 2.93. The summed E-state index contributed by atoms with van der Waals surface area (Å²) in [6.07, 6.45) is 0. The van der Waals surface area contributed by atoms with Crippen LogP contribution in [0.2, 0.25) is 0 Å². The van der Waals surface area contributed by atoms with E-state index in [0.29, 0.717) is 0 Å². The number of para-hydroxylation sites is 1. The first-order valence-corrected chi connectivity index (χ1v) is 5.20. The van der Waals surface area contributed by atoms with E-state index >= 15 is 0 Å². The first-order valence-electron chi connectivity index (χ1n) is 5.20. The Bertz CT molecular complexity index is 392. The Balaban J connectivity index is 3.02. The number of benzene rings is 1. The molecule has 1 atom stereocenters. The molecular weight excluding hydrogens is 207 g/mol. The van der Waals surface area contributed by atoms with Crippen LogP contribution in [0.3, 0.4) is 0 Å². The van der Waals surface area contributed by atoms with Gasteiger partial charge in [-0.1, -0.05) is 26.0 Å². The standard InChI is InChI=1S/C12H17FN2O/c1-8(2)12(3,11(14)16)15-10-7-5-4-6-9(10)13/h4-8,15H,1-3H3,(H2,14,16). The molecule has 0 aliphatic rings. The van der Waals surface area contributed by atoms with E-state index in [2.05, 4.69) is 5.32 Å². The van der Waals surface area contributed by atoms with E-state index in [1.807, 2.05) is 13.8 Å². The molecule has 1 amide bonds. The van der Waals surface area contributed by atoms with Gasteiger partial charge in [-0.05, 0) is 25.0 Å². The molecule has 1 unspecified atom stereocenters. The van der Waals surface area contributed by atoms with Crippen molar-refractivity contribution in [2.45, 2.75) is 26.3 Å². The van der Waals surface area contributed by atoms with Crippen molar-refractivity contribution in [3.05, 3.63) is 30.1 Å². The smallest absolute Gasteiger partial charge is 0.243 e. The number of primary amides is 1. The minimum Gasteiger partial charge on any atom is -0.369 e. The number of hydrogen-bond donors (Lipinski definition) is 2. The van der Waals surface area contributed by atoms with Crippen LogP contribution in [0.15, 0.2) is 24.3 Å². The second kappa shape index (κ2) is 4.51. The molecule has 0 radical (unpaired) electrons. The summed E-state index contributed by atoms with van der Waals surface area (Å²) >= 11 is 0. The van der Waals surface area contributed by atoms with E-state index in [9.17, 15) is 9.18 Å². The molecule has 3 N–H and O–H groups in total.